The fourth-order valence-electron chi connectivity index (χ4n) is 2.23. The highest BCUT2D eigenvalue weighted by atomic mass is 32.1. The van der Waals surface area contributed by atoms with Gasteiger partial charge >= 0.3 is 0 Å². The number of hydrogen-bond donors (Lipinski definition) is 0. The summed E-state index contributed by atoms with van der Waals surface area (Å²) in [4.78, 5) is 1.62. The molecule has 0 aromatic carbocycles. The molecule has 16 heavy (non-hydrogen) atoms. The molecule has 0 N–H and O–H groups in total. The van der Waals surface area contributed by atoms with Gasteiger partial charge in [-0.3, -0.25) is 0 Å². The van der Waals surface area contributed by atoms with Crippen molar-refractivity contribution in [1.82, 2.24) is 0 Å². The lowest BCUT2D eigenvalue weighted by molar-refractivity contribution is 0.512. The molecule has 1 rings (SSSR count). The van der Waals surface area contributed by atoms with Gasteiger partial charge in [-0.2, -0.15) is 0 Å². The van der Waals surface area contributed by atoms with E-state index in [0.717, 1.165) is 5.92 Å². The zero-order valence-electron chi connectivity index (χ0n) is 10.9. The van der Waals surface area contributed by atoms with Crippen molar-refractivity contribution in [2.45, 2.75) is 71.1 Å². The minimum absolute atomic E-state index is 0.845. The first-order valence-electron chi connectivity index (χ1n) is 6.91. The van der Waals surface area contributed by atoms with Crippen molar-refractivity contribution in [2.24, 2.45) is 0 Å². The Balaban J connectivity index is 2.36. The lowest BCUT2D eigenvalue weighted by Gasteiger charge is -2.14. The van der Waals surface area contributed by atoms with Gasteiger partial charge in [-0.05, 0) is 30.2 Å². The SMILES string of the molecule is CCCCCC(CCCCC)c1cccs1. The Morgan fingerprint density at radius 1 is 1.00 bits per heavy atom. The summed E-state index contributed by atoms with van der Waals surface area (Å²) < 4.78 is 0. The number of hydrogen-bond acceptors (Lipinski definition) is 1. The molecule has 0 bridgehead atoms. The Labute approximate surface area is 105 Å². The normalized spacial score (nSPS) is 11.2. The highest BCUT2D eigenvalue weighted by molar-refractivity contribution is 7.10. The fraction of sp³-hybridized carbons (Fsp3) is 0.733. The molecule has 0 atom stereocenters. The van der Waals surface area contributed by atoms with Gasteiger partial charge in [0.1, 0.15) is 0 Å². The van der Waals surface area contributed by atoms with Crippen molar-refractivity contribution in [1.29, 1.82) is 0 Å². The van der Waals surface area contributed by atoms with Gasteiger partial charge in [0, 0.05) is 4.88 Å². The molecule has 0 aliphatic carbocycles. The fourth-order valence-corrected chi connectivity index (χ4v) is 3.13. The number of rotatable bonds is 9. The summed E-state index contributed by atoms with van der Waals surface area (Å²) >= 11 is 1.95. The van der Waals surface area contributed by atoms with Crippen molar-refractivity contribution < 1.29 is 0 Å². The molecule has 0 saturated carbocycles. The van der Waals surface area contributed by atoms with Gasteiger partial charge in [-0.1, -0.05) is 58.4 Å². The van der Waals surface area contributed by atoms with Gasteiger partial charge in [0.05, 0.1) is 0 Å². The lowest BCUT2D eigenvalue weighted by Crippen LogP contribution is -1.97. The first-order valence-corrected chi connectivity index (χ1v) is 7.79. The van der Waals surface area contributed by atoms with Crippen LogP contribution in [0.1, 0.15) is 76.0 Å². The van der Waals surface area contributed by atoms with Crippen molar-refractivity contribution in [3.05, 3.63) is 22.4 Å². The van der Waals surface area contributed by atoms with Crippen LogP contribution in [0.5, 0.6) is 0 Å². The summed E-state index contributed by atoms with van der Waals surface area (Å²) in [5.41, 5.74) is 0. The molecular weight excluding hydrogens is 212 g/mol. The van der Waals surface area contributed by atoms with E-state index in [1.165, 1.54) is 51.4 Å². The Morgan fingerprint density at radius 3 is 2.06 bits per heavy atom. The van der Waals surface area contributed by atoms with E-state index in [1.54, 1.807) is 4.88 Å². The van der Waals surface area contributed by atoms with Crippen LogP contribution in [0.2, 0.25) is 0 Å². The zero-order valence-corrected chi connectivity index (χ0v) is 11.7. The number of unbranched alkanes of at least 4 members (excludes halogenated alkanes) is 4. The molecule has 1 heterocycles. The van der Waals surface area contributed by atoms with E-state index in [2.05, 4.69) is 31.4 Å². The van der Waals surface area contributed by atoms with Gasteiger partial charge < -0.3 is 0 Å². The van der Waals surface area contributed by atoms with E-state index < -0.39 is 0 Å². The molecule has 0 radical (unpaired) electrons. The average molecular weight is 238 g/mol. The van der Waals surface area contributed by atoms with E-state index in [-0.39, 0.29) is 0 Å². The Hall–Kier alpha value is -0.300. The van der Waals surface area contributed by atoms with Crippen LogP contribution in [0.3, 0.4) is 0 Å². The first-order chi connectivity index (χ1) is 7.88. The smallest absolute Gasteiger partial charge is 0.00761 e. The molecular formula is C15H26S. The molecule has 0 nitrogen and oxygen atoms in total. The monoisotopic (exact) mass is 238 g/mol. The molecule has 92 valence electrons. The van der Waals surface area contributed by atoms with E-state index in [0.29, 0.717) is 0 Å². The summed E-state index contributed by atoms with van der Waals surface area (Å²) in [5, 5.41) is 2.22. The average Bonchev–Trinajstić information content (AvgIpc) is 2.81. The predicted octanol–water partition coefficient (Wildman–Crippen LogP) is 5.99. The van der Waals surface area contributed by atoms with Crippen molar-refractivity contribution in [3.8, 4) is 0 Å². The summed E-state index contributed by atoms with van der Waals surface area (Å²) in [6, 6.07) is 4.53. The number of thiophene rings is 1. The maximum Gasteiger partial charge on any atom is 0.00761 e. The first kappa shape index (κ1) is 13.8. The maximum atomic E-state index is 2.33. The third-order valence-corrected chi connectivity index (χ3v) is 4.29. The van der Waals surface area contributed by atoms with Gasteiger partial charge in [-0.15, -0.1) is 11.3 Å². The van der Waals surface area contributed by atoms with Crippen LogP contribution in [0.15, 0.2) is 17.5 Å². The van der Waals surface area contributed by atoms with Crippen molar-refractivity contribution in [2.75, 3.05) is 0 Å². The highest BCUT2D eigenvalue weighted by Crippen LogP contribution is 2.31. The van der Waals surface area contributed by atoms with Crippen molar-refractivity contribution >= 4 is 11.3 Å². The van der Waals surface area contributed by atoms with Gasteiger partial charge in [0.2, 0.25) is 0 Å². The molecule has 0 amide bonds. The van der Waals surface area contributed by atoms with E-state index >= 15 is 0 Å². The predicted molar refractivity (Wildman–Crippen MR) is 75.3 cm³/mol. The van der Waals surface area contributed by atoms with Gasteiger partial charge in [0.25, 0.3) is 0 Å². The van der Waals surface area contributed by atoms with Crippen LogP contribution in [0, 0.1) is 0 Å². The Kier molecular flexibility index (Phi) is 7.58. The minimum Gasteiger partial charge on any atom is -0.149 e. The largest absolute Gasteiger partial charge is 0.149 e. The van der Waals surface area contributed by atoms with E-state index in [9.17, 15) is 0 Å². The molecule has 0 saturated heterocycles. The van der Waals surface area contributed by atoms with Crippen LogP contribution in [0.4, 0.5) is 0 Å². The second kappa shape index (κ2) is 8.81. The third-order valence-electron chi connectivity index (χ3n) is 3.26. The summed E-state index contributed by atoms with van der Waals surface area (Å²) in [5.74, 6) is 0.845. The maximum absolute atomic E-state index is 2.33. The molecule has 1 aromatic rings. The second-order valence-electron chi connectivity index (χ2n) is 4.70. The van der Waals surface area contributed by atoms with E-state index in [1.807, 2.05) is 11.3 Å². The lowest BCUT2D eigenvalue weighted by atomic mass is 9.93. The quantitative estimate of drug-likeness (QED) is 0.463. The van der Waals surface area contributed by atoms with Gasteiger partial charge in [-0.25, -0.2) is 0 Å². The molecule has 0 aliphatic rings. The Bertz CT molecular complexity index is 228. The summed E-state index contributed by atoms with van der Waals surface area (Å²) in [6.45, 7) is 4.58. The summed E-state index contributed by atoms with van der Waals surface area (Å²) in [7, 11) is 0. The standard InChI is InChI=1S/C15H26S/c1-3-5-7-10-14(11-8-6-4-2)15-12-9-13-16-15/h9,12-14H,3-8,10-11H2,1-2H3. The third kappa shape index (κ3) is 5.16. The van der Waals surface area contributed by atoms with Crippen LogP contribution in [-0.4, -0.2) is 0 Å². The molecule has 1 heteroatoms. The zero-order chi connectivity index (χ0) is 11.6. The van der Waals surface area contributed by atoms with Crippen LogP contribution in [-0.2, 0) is 0 Å². The van der Waals surface area contributed by atoms with Gasteiger partial charge in [0.15, 0.2) is 0 Å². The summed E-state index contributed by atoms with van der Waals surface area (Å²) in [6.07, 6.45) is 11.1. The molecule has 0 spiro atoms. The minimum atomic E-state index is 0.845. The van der Waals surface area contributed by atoms with Crippen LogP contribution in [0.25, 0.3) is 0 Å². The molecule has 1 aromatic heterocycles. The second-order valence-corrected chi connectivity index (χ2v) is 5.68. The van der Waals surface area contributed by atoms with Crippen LogP contribution < -0.4 is 0 Å². The highest BCUT2D eigenvalue weighted by Gasteiger charge is 2.11. The van der Waals surface area contributed by atoms with Crippen molar-refractivity contribution in [3.63, 3.8) is 0 Å². The topological polar surface area (TPSA) is 0 Å². The molecule has 0 unspecified atom stereocenters. The van der Waals surface area contributed by atoms with E-state index in [4.69, 9.17) is 0 Å². The Morgan fingerprint density at radius 2 is 1.62 bits per heavy atom. The molecule has 0 aliphatic heterocycles. The molecule has 0 fully saturated rings. The van der Waals surface area contributed by atoms with Crippen LogP contribution >= 0.6 is 11.3 Å².